The molecule has 1 unspecified atom stereocenters. The van der Waals surface area contributed by atoms with Gasteiger partial charge < -0.3 is 5.32 Å². The molecular formula is C21H23F2NO. The van der Waals surface area contributed by atoms with Crippen molar-refractivity contribution >= 4 is 5.91 Å². The minimum atomic E-state index is -0.585. The highest BCUT2D eigenvalue weighted by molar-refractivity contribution is 5.79. The number of rotatable bonds is 5. The van der Waals surface area contributed by atoms with Crippen LogP contribution in [0.5, 0.6) is 0 Å². The molecule has 132 valence electrons. The smallest absolute Gasteiger partial charge is 0.224 e. The third kappa shape index (κ3) is 3.30. The van der Waals surface area contributed by atoms with Crippen LogP contribution in [-0.4, -0.2) is 12.5 Å². The number of hydrogen-bond acceptors (Lipinski definition) is 1. The summed E-state index contributed by atoms with van der Waals surface area (Å²) in [6, 6.07) is 11.5. The zero-order chi connectivity index (χ0) is 18.2. The quantitative estimate of drug-likeness (QED) is 0.862. The van der Waals surface area contributed by atoms with Crippen LogP contribution in [0.25, 0.3) is 0 Å². The molecule has 2 aromatic rings. The maximum atomic E-state index is 14.3. The molecule has 1 aliphatic rings. The number of benzene rings is 2. The van der Waals surface area contributed by atoms with Crippen molar-refractivity contribution in [2.45, 2.75) is 39.0 Å². The lowest BCUT2D eigenvalue weighted by atomic mass is 9.87. The van der Waals surface area contributed by atoms with Crippen molar-refractivity contribution in [3.05, 3.63) is 70.8 Å². The van der Waals surface area contributed by atoms with E-state index in [0.29, 0.717) is 18.5 Å². The molecule has 1 saturated carbocycles. The van der Waals surface area contributed by atoms with Gasteiger partial charge in [-0.1, -0.05) is 44.2 Å². The minimum absolute atomic E-state index is 0.0844. The van der Waals surface area contributed by atoms with Gasteiger partial charge >= 0.3 is 0 Å². The molecule has 0 aromatic heterocycles. The molecule has 0 aliphatic heterocycles. The summed E-state index contributed by atoms with van der Waals surface area (Å²) in [5.74, 6) is -1.21. The van der Waals surface area contributed by atoms with E-state index in [-0.39, 0.29) is 11.3 Å². The van der Waals surface area contributed by atoms with Gasteiger partial charge in [0.1, 0.15) is 11.6 Å². The Labute approximate surface area is 147 Å². The molecule has 1 fully saturated rings. The van der Waals surface area contributed by atoms with Gasteiger partial charge in [-0.05, 0) is 41.5 Å². The van der Waals surface area contributed by atoms with Gasteiger partial charge in [0, 0.05) is 18.0 Å². The molecule has 0 spiro atoms. The van der Waals surface area contributed by atoms with Crippen LogP contribution in [-0.2, 0) is 16.6 Å². The third-order valence-electron chi connectivity index (χ3n) is 5.56. The van der Waals surface area contributed by atoms with Crippen molar-refractivity contribution in [2.75, 3.05) is 6.54 Å². The number of carbonyl (C=O) groups is 1. The Morgan fingerprint density at radius 1 is 1.16 bits per heavy atom. The Kier molecular flexibility index (Phi) is 4.40. The van der Waals surface area contributed by atoms with Crippen LogP contribution >= 0.6 is 0 Å². The summed E-state index contributed by atoms with van der Waals surface area (Å²) in [5, 5.41) is 2.96. The van der Waals surface area contributed by atoms with Crippen molar-refractivity contribution in [1.29, 1.82) is 0 Å². The van der Waals surface area contributed by atoms with E-state index >= 15 is 0 Å². The first-order valence-corrected chi connectivity index (χ1v) is 8.52. The first kappa shape index (κ1) is 17.6. The van der Waals surface area contributed by atoms with Gasteiger partial charge in [-0.2, -0.15) is 0 Å². The van der Waals surface area contributed by atoms with Crippen LogP contribution in [0.1, 0.15) is 37.0 Å². The molecule has 0 heterocycles. The highest BCUT2D eigenvalue weighted by Gasteiger charge is 2.62. The van der Waals surface area contributed by atoms with Gasteiger partial charge in [0.15, 0.2) is 0 Å². The van der Waals surface area contributed by atoms with E-state index in [1.807, 2.05) is 45.0 Å². The summed E-state index contributed by atoms with van der Waals surface area (Å²) >= 11 is 0. The SMILES string of the molecule is Cc1ccccc1CC(=O)NCC1(c2ccc(F)cc2F)CC1(C)C. The zero-order valence-electron chi connectivity index (χ0n) is 14.8. The Hall–Kier alpha value is -2.23. The number of carbonyl (C=O) groups excluding carboxylic acids is 1. The molecule has 25 heavy (non-hydrogen) atoms. The fourth-order valence-corrected chi connectivity index (χ4v) is 3.74. The second-order valence-electron chi connectivity index (χ2n) is 7.65. The van der Waals surface area contributed by atoms with Gasteiger partial charge in [0.25, 0.3) is 0 Å². The normalized spacial score (nSPS) is 21.0. The monoisotopic (exact) mass is 343 g/mol. The molecule has 1 atom stereocenters. The van der Waals surface area contributed by atoms with Crippen LogP contribution in [0.2, 0.25) is 0 Å². The maximum Gasteiger partial charge on any atom is 0.224 e. The maximum absolute atomic E-state index is 14.3. The average Bonchev–Trinajstić information content (AvgIpc) is 3.10. The number of amides is 1. The second kappa shape index (κ2) is 6.25. The minimum Gasteiger partial charge on any atom is -0.355 e. The fourth-order valence-electron chi connectivity index (χ4n) is 3.74. The van der Waals surface area contributed by atoms with Crippen LogP contribution < -0.4 is 5.32 Å². The summed E-state index contributed by atoms with van der Waals surface area (Å²) < 4.78 is 27.5. The number of halogens is 2. The van der Waals surface area contributed by atoms with Crippen molar-refractivity contribution < 1.29 is 13.6 Å². The largest absolute Gasteiger partial charge is 0.355 e. The topological polar surface area (TPSA) is 29.1 Å². The molecule has 0 saturated heterocycles. The first-order valence-electron chi connectivity index (χ1n) is 8.52. The Balaban J connectivity index is 1.73. The predicted octanol–water partition coefficient (Wildman–Crippen LogP) is 4.30. The van der Waals surface area contributed by atoms with Gasteiger partial charge in [-0.3, -0.25) is 4.79 Å². The third-order valence-corrected chi connectivity index (χ3v) is 5.56. The van der Waals surface area contributed by atoms with E-state index < -0.39 is 17.0 Å². The van der Waals surface area contributed by atoms with Crippen molar-refractivity contribution in [3.63, 3.8) is 0 Å². The second-order valence-corrected chi connectivity index (χ2v) is 7.65. The molecule has 1 aliphatic carbocycles. The average molecular weight is 343 g/mol. The summed E-state index contributed by atoms with van der Waals surface area (Å²) in [4.78, 5) is 12.4. The molecule has 1 N–H and O–H groups in total. The van der Waals surface area contributed by atoms with Crippen molar-refractivity contribution in [2.24, 2.45) is 5.41 Å². The van der Waals surface area contributed by atoms with E-state index in [1.165, 1.54) is 12.1 Å². The van der Waals surface area contributed by atoms with Crippen LogP contribution in [0.4, 0.5) is 8.78 Å². The van der Waals surface area contributed by atoms with E-state index in [1.54, 1.807) is 0 Å². The van der Waals surface area contributed by atoms with E-state index in [2.05, 4.69) is 5.32 Å². The van der Waals surface area contributed by atoms with Crippen molar-refractivity contribution in [3.8, 4) is 0 Å². The van der Waals surface area contributed by atoms with Crippen LogP contribution in [0.15, 0.2) is 42.5 Å². The number of nitrogens with one attached hydrogen (secondary N) is 1. The number of aryl methyl sites for hydroxylation is 1. The van der Waals surface area contributed by atoms with Crippen molar-refractivity contribution in [1.82, 2.24) is 5.32 Å². The predicted molar refractivity (Wildman–Crippen MR) is 94.3 cm³/mol. The van der Waals surface area contributed by atoms with Gasteiger partial charge in [0.2, 0.25) is 5.91 Å². The molecular weight excluding hydrogens is 320 g/mol. The molecule has 1 amide bonds. The molecule has 3 rings (SSSR count). The molecule has 0 radical (unpaired) electrons. The number of hydrogen-bond donors (Lipinski definition) is 1. The molecule has 2 nitrogen and oxygen atoms in total. The fraction of sp³-hybridized carbons (Fsp3) is 0.381. The highest BCUT2D eigenvalue weighted by Crippen LogP contribution is 2.64. The Morgan fingerprint density at radius 3 is 2.44 bits per heavy atom. The Bertz CT molecular complexity index is 815. The van der Waals surface area contributed by atoms with E-state index in [9.17, 15) is 13.6 Å². The summed E-state index contributed by atoms with van der Waals surface area (Å²) in [6.07, 6.45) is 1.06. The highest BCUT2D eigenvalue weighted by atomic mass is 19.1. The lowest BCUT2D eigenvalue weighted by Crippen LogP contribution is -2.36. The van der Waals surface area contributed by atoms with E-state index in [0.717, 1.165) is 23.6 Å². The van der Waals surface area contributed by atoms with Gasteiger partial charge in [0.05, 0.1) is 6.42 Å². The molecule has 0 bridgehead atoms. The molecule has 4 heteroatoms. The molecule has 2 aromatic carbocycles. The van der Waals surface area contributed by atoms with Gasteiger partial charge in [-0.25, -0.2) is 8.78 Å². The van der Waals surface area contributed by atoms with E-state index in [4.69, 9.17) is 0 Å². The summed E-state index contributed by atoms with van der Waals surface area (Å²) in [5.41, 5.74) is 1.92. The lowest BCUT2D eigenvalue weighted by Gasteiger charge is -2.22. The summed E-state index contributed by atoms with van der Waals surface area (Å²) in [6.45, 7) is 6.42. The Morgan fingerprint density at radius 2 is 1.84 bits per heavy atom. The van der Waals surface area contributed by atoms with Crippen LogP contribution in [0, 0.1) is 24.0 Å². The lowest BCUT2D eigenvalue weighted by molar-refractivity contribution is -0.120. The standard InChI is InChI=1S/C21H23F2NO/c1-14-6-4-5-7-15(14)10-19(25)24-13-21(12-20(21,2)3)17-9-8-16(22)11-18(17)23/h4-9,11H,10,12-13H2,1-3H3,(H,24,25). The zero-order valence-corrected chi connectivity index (χ0v) is 14.8. The van der Waals surface area contributed by atoms with Crippen LogP contribution in [0.3, 0.4) is 0 Å². The summed E-state index contributed by atoms with van der Waals surface area (Å²) in [7, 11) is 0. The first-order chi connectivity index (χ1) is 11.7. The van der Waals surface area contributed by atoms with Gasteiger partial charge in [-0.15, -0.1) is 0 Å².